The number of carbonyl (C=O) groups is 2. The van der Waals surface area contributed by atoms with Gasteiger partial charge in [-0.15, -0.1) is 0 Å². The Bertz CT molecular complexity index is 617. The van der Waals surface area contributed by atoms with E-state index >= 15 is 0 Å². The SMILES string of the molecule is COC(=O)CC1CC(O)CN1.O=C1OC([N+](=O)[O-])c2ccc1cc2. The van der Waals surface area contributed by atoms with Gasteiger partial charge in [-0.1, -0.05) is 0 Å². The van der Waals surface area contributed by atoms with E-state index in [0.29, 0.717) is 30.5 Å². The molecule has 1 fully saturated rings. The zero-order valence-corrected chi connectivity index (χ0v) is 13.0. The van der Waals surface area contributed by atoms with Crippen LogP contribution in [0.2, 0.25) is 0 Å². The van der Waals surface area contributed by atoms with Crippen LogP contribution in [-0.2, 0) is 14.3 Å². The second kappa shape index (κ2) is 7.84. The van der Waals surface area contributed by atoms with E-state index in [2.05, 4.69) is 14.8 Å². The van der Waals surface area contributed by atoms with Gasteiger partial charge >= 0.3 is 18.2 Å². The summed E-state index contributed by atoms with van der Waals surface area (Å²) in [6, 6.07) is 6.17. The average Bonchev–Trinajstić information content (AvgIpc) is 2.81. The van der Waals surface area contributed by atoms with Crippen LogP contribution >= 0.6 is 0 Å². The van der Waals surface area contributed by atoms with Gasteiger partial charge in [0.1, 0.15) is 0 Å². The topological polar surface area (TPSA) is 128 Å². The van der Waals surface area contributed by atoms with Crippen molar-refractivity contribution in [1.82, 2.24) is 5.32 Å². The lowest BCUT2D eigenvalue weighted by molar-refractivity contribution is -0.574. The molecule has 0 aliphatic carbocycles. The van der Waals surface area contributed by atoms with E-state index in [4.69, 9.17) is 5.11 Å². The fourth-order valence-corrected chi connectivity index (χ4v) is 2.42. The summed E-state index contributed by atoms with van der Waals surface area (Å²) in [6.45, 7) is 0.585. The highest BCUT2D eigenvalue weighted by molar-refractivity contribution is 5.90. The van der Waals surface area contributed by atoms with Gasteiger partial charge in [0.2, 0.25) is 0 Å². The van der Waals surface area contributed by atoms with Crippen molar-refractivity contribution in [3.63, 3.8) is 0 Å². The molecule has 130 valence electrons. The number of nitrogens with one attached hydrogen (secondary N) is 1. The predicted octanol–water partition coefficient (Wildman–Crippen LogP) is 0.405. The number of β-amino-alcohol motifs (C(OH)–C–C–N with tert-alkyl or cyclic N) is 1. The maximum atomic E-state index is 11.1. The molecule has 9 heteroatoms. The summed E-state index contributed by atoms with van der Waals surface area (Å²) in [7, 11) is 1.37. The second-order valence-electron chi connectivity index (χ2n) is 5.44. The first-order valence-electron chi connectivity index (χ1n) is 7.33. The Labute approximate surface area is 137 Å². The number of benzene rings is 1. The number of aliphatic hydroxyl groups excluding tert-OH is 1. The molecule has 0 saturated carbocycles. The molecular formula is C15H18N2O7. The first-order valence-corrected chi connectivity index (χ1v) is 7.33. The molecule has 0 amide bonds. The normalized spacial score (nSPS) is 24.4. The van der Waals surface area contributed by atoms with Crippen LogP contribution in [0.5, 0.6) is 0 Å². The third-order valence-electron chi connectivity index (χ3n) is 3.68. The van der Waals surface area contributed by atoms with Gasteiger partial charge in [0.25, 0.3) is 0 Å². The van der Waals surface area contributed by atoms with Crippen molar-refractivity contribution in [3.8, 4) is 0 Å². The molecule has 1 saturated heterocycles. The van der Waals surface area contributed by atoms with Crippen molar-refractivity contribution in [3.05, 3.63) is 45.5 Å². The zero-order valence-electron chi connectivity index (χ0n) is 13.0. The van der Waals surface area contributed by atoms with Crippen LogP contribution in [-0.4, -0.2) is 47.8 Å². The first kappa shape index (κ1) is 17.8. The molecule has 4 rings (SSSR count). The fourth-order valence-electron chi connectivity index (χ4n) is 2.42. The van der Waals surface area contributed by atoms with Gasteiger partial charge in [0, 0.05) is 12.6 Å². The molecule has 3 heterocycles. The molecule has 0 aromatic heterocycles. The summed E-state index contributed by atoms with van der Waals surface area (Å²) < 4.78 is 9.11. The smallest absolute Gasteiger partial charge is 0.383 e. The summed E-state index contributed by atoms with van der Waals surface area (Å²) in [4.78, 5) is 31.7. The molecule has 0 radical (unpaired) electrons. The van der Waals surface area contributed by atoms with Gasteiger partial charge in [-0.2, -0.15) is 0 Å². The summed E-state index contributed by atoms with van der Waals surface area (Å²) in [5.41, 5.74) is 0.729. The van der Waals surface area contributed by atoms with Crippen LogP contribution in [0, 0.1) is 10.1 Å². The molecule has 1 aromatic carbocycles. The van der Waals surface area contributed by atoms with Gasteiger partial charge in [-0.05, 0) is 30.7 Å². The monoisotopic (exact) mass is 338 g/mol. The van der Waals surface area contributed by atoms with Crippen molar-refractivity contribution >= 4 is 11.9 Å². The van der Waals surface area contributed by atoms with E-state index in [-0.39, 0.29) is 18.1 Å². The third kappa shape index (κ3) is 4.49. The molecule has 24 heavy (non-hydrogen) atoms. The number of carbonyl (C=O) groups excluding carboxylic acids is 2. The van der Waals surface area contributed by atoms with Crippen molar-refractivity contribution in [1.29, 1.82) is 0 Å². The van der Waals surface area contributed by atoms with E-state index < -0.39 is 17.1 Å². The van der Waals surface area contributed by atoms with Crippen molar-refractivity contribution in [2.45, 2.75) is 31.2 Å². The molecule has 2 bridgehead atoms. The lowest BCUT2D eigenvalue weighted by Gasteiger charge is -2.06. The number of rotatable bonds is 3. The Kier molecular flexibility index (Phi) is 5.83. The summed E-state index contributed by atoms with van der Waals surface area (Å²) in [5.74, 6) is -0.877. The molecule has 3 aliphatic heterocycles. The second-order valence-corrected chi connectivity index (χ2v) is 5.44. The molecule has 9 nitrogen and oxygen atoms in total. The molecular weight excluding hydrogens is 320 g/mol. The molecule has 1 aromatic rings. The number of hydrogen-bond donors (Lipinski definition) is 2. The Morgan fingerprint density at radius 3 is 2.62 bits per heavy atom. The van der Waals surface area contributed by atoms with E-state index in [0.717, 1.165) is 0 Å². The van der Waals surface area contributed by atoms with Crippen LogP contribution in [0.1, 0.15) is 35.0 Å². The van der Waals surface area contributed by atoms with Gasteiger partial charge in [0.05, 0.1) is 35.7 Å². The summed E-state index contributed by atoms with van der Waals surface area (Å²) in [6.07, 6.45) is -0.660. The number of aliphatic hydroxyl groups is 1. The van der Waals surface area contributed by atoms with Gasteiger partial charge in [-0.25, -0.2) is 4.79 Å². The van der Waals surface area contributed by atoms with E-state index in [1.165, 1.54) is 31.4 Å². The fraction of sp³-hybridized carbons (Fsp3) is 0.467. The van der Waals surface area contributed by atoms with Crippen LogP contribution in [0.25, 0.3) is 0 Å². The number of methoxy groups -OCH3 is 1. The van der Waals surface area contributed by atoms with E-state index in [1.807, 2.05) is 0 Å². The van der Waals surface area contributed by atoms with Crippen molar-refractivity contribution < 1.29 is 29.1 Å². The highest BCUT2D eigenvalue weighted by Crippen LogP contribution is 2.24. The summed E-state index contributed by atoms with van der Waals surface area (Å²) >= 11 is 0. The van der Waals surface area contributed by atoms with Gasteiger partial charge in [0.15, 0.2) is 0 Å². The molecule has 3 atom stereocenters. The van der Waals surface area contributed by atoms with Gasteiger partial charge < -0.3 is 19.9 Å². The minimum absolute atomic E-state index is 0.0949. The summed E-state index contributed by atoms with van der Waals surface area (Å²) in [5, 5.41) is 22.6. The highest BCUT2D eigenvalue weighted by Gasteiger charge is 2.31. The molecule has 2 N–H and O–H groups in total. The maximum Gasteiger partial charge on any atom is 0.383 e. The minimum Gasteiger partial charge on any atom is -0.469 e. The number of nitro groups is 1. The van der Waals surface area contributed by atoms with Crippen LogP contribution in [0.15, 0.2) is 24.3 Å². The lowest BCUT2D eigenvalue weighted by Crippen LogP contribution is -2.25. The maximum absolute atomic E-state index is 11.1. The number of ether oxygens (including phenoxy) is 2. The number of esters is 2. The number of hydrogen-bond acceptors (Lipinski definition) is 8. The highest BCUT2D eigenvalue weighted by atomic mass is 16.7. The van der Waals surface area contributed by atoms with Crippen LogP contribution in [0.3, 0.4) is 0 Å². The Morgan fingerprint density at radius 2 is 2.12 bits per heavy atom. The van der Waals surface area contributed by atoms with Crippen LogP contribution < -0.4 is 5.32 Å². The van der Waals surface area contributed by atoms with Crippen molar-refractivity contribution in [2.24, 2.45) is 0 Å². The molecule has 0 spiro atoms. The Balaban J connectivity index is 0.000000177. The van der Waals surface area contributed by atoms with Crippen LogP contribution in [0.4, 0.5) is 0 Å². The van der Waals surface area contributed by atoms with Crippen molar-refractivity contribution in [2.75, 3.05) is 13.7 Å². The Morgan fingerprint density at radius 1 is 1.46 bits per heavy atom. The third-order valence-corrected chi connectivity index (χ3v) is 3.68. The number of nitrogens with zero attached hydrogens (tertiary/aromatic N) is 1. The first-order chi connectivity index (χ1) is 11.4. The molecule has 3 unspecified atom stereocenters. The standard InChI is InChI=1S/C8H5NO4.C7H13NO3/c10-8-6-3-1-5(2-4-6)7(13-8)9(11)12;1-11-7(10)3-5-2-6(9)4-8-5/h1-4,7H;5-6,8-9H,2-4H2,1H3. The van der Waals surface area contributed by atoms with E-state index in [9.17, 15) is 19.7 Å². The lowest BCUT2D eigenvalue weighted by atomic mass is 10.1. The minimum atomic E-state index is -1.36. The molecule has 3 aliphatic rings. The predicted molar refractivity (Wildman–Crippen MR) is 80.6 cm³/mol. The van der Waals surface area contributed by atoms with E-state index in [1.54, 1.807) is 0 Å². The number of fused-ring (bicyclic) bond motifs is 4. The average molecular weight is 338 g/mol. The largest absolute Gasteiger partial charge is 0.469 e. The quantitative estimate of drug-likeness (QED) is 0.460. The zero-order chi connectivity index (χ0) is 17.7. The Hall–Kier alpha value is -2.52. The van der Waals surface area contributed by atoms with Gasteiger partial charge in [-0.3, -0.25) is 14.9 Å².